The lowest BCUT2D eigenvalue weighted by atomic mass is 10.1. The van der Waals surface area contributed by atoms with Crippen LogP contribution < -0.4 is 0 Å². The van der Waals surface area contributed by atoms with Crippen LogP contribution in [-0.4, -0.2) is 22.2 Å². The fourth-order valence-electron chi connectivity index (χ4n) is 0.451. The molecule has 0 radical (unpaired) electrons. The smallest absolute Gasteiger partial charge is 0.331 e. The van der Waals surface area contributed by atoms with Gasteiger partial charge in [0.1, 0.15) is 0 Å². The van der Waals surface area contributed by atoms with E-state index in [9.17, 15) is 9.59 Å². The van der Waals surface area contributed by atoms with Crippen LogP contribution in [0, 0.1) is 0 Å². The summed E-state index contributed by atoms with van der Waals surface area (Å²) in [5, 5.41) is 16.7. The number of carbonyl (C=O) groups is 2. The number of aliphatic carboxylic acids is 2. The average molecular weight is 170 g/mol. The van der Waals surface area contributed by atoms with Gasteiger partial charge >= 0.3 is 11.9 Å². The minimum Gasteiger partial charge on any atom is -0.478 e. The first-order chi connectivity index (χ1) is 5.45. The Labute approximate surface area is 69.8 Å². The first-order valence-electron chi connectivity index (χ1n) is 3.26. The van der Waals surface area contributed by atoms with Crippen molar-refractivity contribution in [3.8, 4) is 0 Å². The zero-order valence-electron chi connectivity index (χ0n) is 6.70. The number of carboxylic acid groups (broad SMARTS) is 2. The second kappa shape index (κ2) is 4.33. The van der Waals surface area contributed by atoms with Crippen molar-refractivity contribution in [3.63, 3.8) is 0 Å². The van der Waals surface area contributed by atoms with Gasteiger partial charge < -0.3 is 10.2 Å². The van der Waals surface area contributed by atoms with Crippen LogP contribution in [0.15, 0.2) is 23.8 Å². The van der Waals surface area contributed by atoms with Gasteiger partial charge in [-0.3, -0.25) is 0 Å². The van der Waals surface area contributed by atoms with Gasteiger partial charge in [0.15, 0.2) is 0 Å². The maximum atomic E-state index is 10.2. The van der Waals surface area contributed by atoms with E-state index in [4.69, 9.17) is 10.2 Å². The summed E-state index contributed by atoms with van der Waals surface area (Å²) in [6, 6.07) is 0. The molecule has 0 spiro atoms. The molecule has 0 unspecified atom stereocenters. The predicted molar refractivity (Wildman–Crippen MR) is 42.8 cm³/mol. The summed E-state index contributed by atoms with van der Waals surface area (Å²) in [7, 11) is 0. The molecule has 0 aromatic heterocycles. The lowest BCUT2D eigenvalue weighted by Crippen LogP contribution is -2.00. The molecule has 12 heavy (non-hydrogen) atoms. The number of rotatable bonds is 4. The maximum Gasteiger partial charge on any atom is 0.331 e. The highest BCUT2D eigenvalue weighted by atomic mass is 16.4. The largest absolute Gasteiger partial charge is 0.478 e. The van der Waals surface area contributed by atoms with Gasteiger partial charge in [0.05, 0.1) is 0 Å². The van der Waals surface area contributed by atoms with Crippen molar-refractivity contribution >= 4 is 11.9 Å². The lowest BCUT2D eigenvalue weighted by molar-refractivity contribution is -0.133. The van der Waals surface area contributed by atoms with Crippen LogP contribution >= 0.6 is 0 Å². The number of hydrogen-bond donors (Lipinski definition) is 2. The average Bonchev–Trinajstić information content (AvgIpc) is 1.98. The predicted octanol–water partition coefficient (Wildman–Crippen LogP) is 1.05. The van der Waals surface area contributed by atoms with E-state index in [1.54, 1.807) is 0 Å². The Hall–Kier alpha value is -1.58. The molecular weight excluding hydrogens is 160 g/mol. The monoisotopic (exact) mass is 170 g/mol. The second-order valence-corrected chi connectivity index (χ2v) is 2.31. The van der Waals surface area contributed by atoms with Crippen LogP contribution in [0.4, 0.5) is 0 Å². The highest BCUT2D eigenvalue weighted by Crippen LogP contribution is 2.02. The molecule has 66 valence electrons. The van der Waals surface area contributed by atoms with Gasteiger partial charge in [-0.25, -0.2) is 9.59 Å². The molecule has 0 aliphatic carbocycles. The highest BCUT2D eigenvalue weighted by Gasteiger charge is 2.03. The van der Waals surface area contributed by atoms with E-state index in [1.165, 1.54) is 13.0 Å². The van der Waals surface area contributed by atoms with Crippen LogP contribution in [0.1, 0.15) is 13.3 Å². The summed E-state index contributed by atoms with van der Waals surface area (Å²) in [4.78, 5) is 20.4. The van der Waals surface area contributed by atoms with E-state index in [-0.39, 0.29) is 17.6 Å². The summed E-state index contributed by atoms with van der Waals surface area (Å²) in [5.41, 5.74) is 0.105. The molecule has 0 aliphatic rings. The van der Waals surface area contributed by atoms with Gasteiger partial charge in [0.25, 0.3) is 0 Å². The van der Waals surface area contributed by atoms with Gasteiger partial charge in [-0.15, -0.1) is 0 Å². The number of allylic oxidation sites excluding steroid dienone is 1. The molecule has 4 nitrogen and oxygen atoms in total. The molecule has 0 saturated carbocycles. The summed E-state index contributed by atoms with van der Waals surface area (Å²) in [6.07, 6.45) is 1.38. The van der Waals surface area contributed by atoms with Crippen LogP contribution in [-0.2, 0) is 9.59 Å². The van der Waals surface area contributed by atoms with Crippen molar-refractivity contribution in [1.82, 2.24) is 0 Å². The Bertz CT molecular complexity index is 250. The normalized spacial score (nSPS) is 10.9. The zero-order chi connectivity index (χ0) is 9.72. The molecule has 0 saturated heterocycles. The van der Waals surface area contributed by atoms with Crippen molar-refractivity contribution in [3.05, 3.63) is 23.8 Å². The third-order valence-corrected chi connectivity index (χ3v) is 1.29. The third-order valence-electron chi connectivity index (χ3n) is 1.29. The first kappa shape index (κ1) is 10.4. The molecule has 2 N–H and O–H groups in total. The molecular formula is C8H10O4. The summed E-state index contributed by atoms with van der Waals surface area (Å²) in [5.74, 6) is -2.15. The SMILES string of the molecule is C=C(CC=C(C)C(=O)O)C(=O)O. The maximum absolute atomic E-state index is 10.2. The molecule has 0 aliphatic heterocycles. The van der Waals surface area contributed by atoms with E-state index in [0.29, 0.717) is 0 Å². The molecule has 0 aromatic carbocycles. The number of hydrogen-bond acceptors (Lipinski definition) is 2. The van der Waals surface area contributed by atoms with Crippen LogP contribution in [0.3, 0.4) is 0 Å². The van der Waals surface area contributed by atoms with E-state index in [2.05, 4.69) is 6.58 Å². The Morgan fingerprint density at radius 1 is 1.33 bits per heavy atom. The molecule has 0 aromatic rings. The van der Waals surface area contributed by atoms with Crippen LogP contribution in [0.25, 0.3) is 0 Å². The summed E-state index contributed by atoms with van der Waals surface area (Å²) < 4.78 is 0. The van der Waals surface area contributed by atoms with Crippen LogP contribution in [0.5, 0.6) is 0 Å². The molecule has 0 fully saturated rings. The van der Waals surface area contributed by atoms with E-state index in [1.807, 2.05) is 0 Å². The standard InChI is InChI=1S/C8H10O4/c1-5(7(9)10)3-4-6(2)8(11)12/h4H,1,3H2,2H3,(H,9,10)(H,11,12). The Kier molecular flexibility index (Phi) is 3.76. The topological polar surface area (TPSA) is 74.6 Å². The van der Waals surface area contributed by atoms with Crippen molar-refractivity contribution in [1.29, 1.82) is 0 Å². The van der Waals surface area contributed by atoms with E-state index >= 15 is 0 Å². The van der Waals surface area contributed by atoms with Crippen molar-refractivity contribution in [2.24, 2.45) is 0 Å². The Balaban J connectivity index is 4.14. The van der Waals surface area contributed by atoms with Crippen molar-refractivity contribution < 1.29 is 19.8 Å². The van der Waals surface area contributed by atoms with E-state index < -0.39 is 11.9 Å². The quantitative estimate of drug-likeness (QED) is 0.618. The fourth-order valence-corrected chi connectivity index (χ4v) is 0.451. The molecule has 0 rings (SSSR count). The minimum absolute atomic E-state index is 0.0180. The Morgan fingerprint density at radius 3 is 2.17 bits per heavy atom. The zero-order valence-corrected chi connectivity index (χ0v) is 6.70. The molecule has 0 bridgehead atoms. The third kappa shape index (κ3) is 3.55. The first-order valence-corrected chi connectivity index (χ1v) is 3.26. The highest BCUT2D eigenvalue weighted by molar-refractivity contribution is 5.88. The van der Waals surface area contributed by atoms with Crippen molar-refractivity contribution in [2.75, 3.05) is 0 Å². The second-order valence-electron chi connectivity index (χ2n) is 2.31. The van der Waals surface area contributed by atoms with Gasteiger partial charge in [0.2, 0.25) is 0 Å². The molecule has 4 heteroatoms. The molecule has 0 amide bonds. The van der Waals surface area contributed by atoms with Crippen LogP contribution in [0.2, 0.25) is 0 Å². The van der Waals surface area contributed by atoms with E-state index in [0.717, 1.165) is 0 Å². The fraction of sp³-hybridized carbons (Fsp3) is 0.250. The van der Waals surface area contributed by atoms with Gasteiger partial charge in [-0.1, -0.05) is 12.7 Å². The van der Waals surface area contributed by atoms with Gasteiger partial charge in [0, 0.05) is 11.1 Å². The molecule has 0 atom stereocenters. The summed E-state index contributed by atoms with van der Waals surface area (Å²) in [6.45, 7) is 4.65. The minimum atomic E-state index is -1.11. The molecule has 0 heterocycles. The lowest BCUT2D eigenvalue weighted by Gasteiger charge is -1.94. The Morgan fingerprint density at radius 2 is 1.83 bits per heavy atom. The summed E-state index contributed by atoms with van der Waals surface area (Å²) >= 11 is 0. The van der Waals surface area contributed by atoms with Gasteiger partial charge in [-0.05, 0) is 13.3 Å². The number of carboxylic acids is 2. The van der Waals surface area contributed by atoms with Crippen molar-refractivity contribution in [2.45, 2.75) is 13.3 Å². The van der Waals surface area contributed by atoms with Gasteiger partial charge in [-0.2, -0.15) is 0 Å².